The first-order valence-corrected chi connectivity index (χ1v) is 10.6. The maximum absolute atomic E-state index is 13.3. The number of hydrogen-bond acceptors (Lipinski definition) is 6. The third-order valence-electron chi connectivity index (χ3n) is 5.55. The van der Waals surface area contributed by atoms with Crippen molar-refractivity contribution in [3.63, 3.8) is 0 Å². The number of hydrogen-bond donors (Lipinski definition) is 1. The van der Waals surface area contributed by atoms with E-state index in [4.69, 9.17) is 9.47 Å². The molecule has 0 aliphatic carbocycles. The van der Waals surface area contributed by atoms with Gasteiger partial charge >= 0.3 is 5.97 Å². The summed E-state index contributed by atoms with van der Waals surface area (Å²) in [4.78, 5) is 41.3. The fraction of sp³-hybridized carbons (Fsp3) is 0.0769. The van der Waals surface area contributed by atoms with Crippen molar-refractivity contribution in [2.24, 2.45) is 0 Å². The van der Waals surface area contributed by atoms with Gasteiger partial charge in [-0.1, -0.05) is 42.5 Å². The Morgan fingerprint density at radius 1 is 1.11 bits per heavy atom. The van der Waals surface area contributed by atoms with Gasteiger partial charge in [-0.05, 0) is 23.3 Å². The summed E-state index contributed by atoms with van der Waals surface area (Å²) >= 11 is 0. The molecule has 3 heterocycles. The summed E-state index contributed by atoms with van der Waals surface area (Å²) in [7, 11) is 0. The van der Waals surface area contributed by atoms with Crippen LogP contribution in [0.15, 0.2) is 71.3 Å². The molecule has 5 rings (SSSR count). The summed E-state index contributed by atoms with van der Waals surface area (Å²) in [6, 6.07) is 15.0. The lowest BCUT2D eigenvalue weighted by Crippen LogP contribution is -2.27. The topological polar surface area (TPSA) is 108 Å². The largest absolute Gasteiger partial charge is 0.486 e. The van der Waals surface area contributed by atoms with E-state index in [0.29, 0.717) is 11.8 Å². The summed E-state index contributed by atoms with van der Waals surface area (Å²) in [5, 5.41) is 9.55. The van der Waals surface area contributed by atoms with Crippen molar-refractivity contribution in [1.29, 1.82) is 0 Å². The Morgan fingerprint density at radius 3 is 2.54 bits per heavy atom. The number of rotatable bonds is 7. The van der Waals surface area contributed by atoms with Crippen LogP contribution in [0.5, 0.6) is 11.5 Å². The Bertz CT molecular complexity index is 1560. The number of carboxylic acid groups (broad SMARTS) is 1. The number of aromatic nitrogens is 2. The summed E-state index contributed by atoms with van der Waals surface area (Å²) in [6.45, 7) is 0.0750. The van der Waals surface area contributed by atoms with E-state index in [9.17, 15) is 23.9 Å². The van der Waals surface area contributed by atoms with E-state index in [1.54, 1.807) is 12.1 Å². The van der Waals surface area contributed by atoms with Gasteiger partial charge < -0.3 is 14.6 Å². The highest BCUT2D eigenvalue weighted by atomic mass is 19.1. The molecule has 4 aromatic rings. The minimum Gasteiger partial charge on any atom is -0.486 e. The number of benzene rings is 2. The van der Waals surface area contributed by atoms with Crippen LogP contribution in [0.1, 0.15) is 27.0 Å². The normalized spacial score (nSPS) is 12.1. The van der Waals surface area contributed by atoms with E-state index in [0.717, 1.165) is 21.9 Å². The van der Waals surface area contributed by atoms with E-state index in [-0.39, 0.29) is 41.1 Å². The summed E-state index contributed by atoms with van der Waals surface area (Å²) < 4.78 is 26.0. The maximum Gasteiger partial charge on any atom is 0.373 e. The molecule has 0 amide bonds. The van der Waals surface area contributed by atoms with Crippen LogP contribution >= 0.6 is 0 Å². The first-order chi connectivity index (χ1) is 17.0. The first-order valence-electron chi connectivity index (χ1n) is 10.6. The minimum absolute atomic E-state index is 0.0227. The zero-order valence-corrected chi connectivity index (χ0v) is 18.1. The van der Waals surface area contributed by atoms with Crippen molar-refractivity contribution in [3.05, 3.63) is 105 Å². The van der Waals surface area contributed by atoms with Gasteiger partial charge in [0.25, 0.3) is 5.56 Å². The summed E-state index contributed by atoms with van der Waals surface area (Å²) in [5.41, 5.74) is 1.29. The standard InChI is InChI=1S/C26H17FN2O6/c27-18-8-6-15(7-9-18)10-17-11-28-21-22-23(17)35-20(26(32)33)12-29(22)25(31)19(13-30)24(21)34-14-16-4-2-1-3-5-16/h1-9,11-13H,10,14H2,(H,32,33). The third kappa shape index (κ3) is 4.04. The summed E-state index contributed by atoms with van der Waals surface area (Å²) in [5.74, 6) is -2.21. The van der Waals surface area contributed by atoms with Crippen molar-refractivity contribution in [3.8, 4) is 11.5 Å². The number of pyridine rings is 2. The Balaban J connectivity index is 1.71. The van der Waals surface area contributed by atoms with Crippen molar-refractivity contribution < 1.29 is 28.6 Å². The predicted molar refractivity (Wildman–Crippen MR) is 124 cm³/mol. The van der Waals surface area contributed by atoms with Gasteiger partial charge in [-0.15, -0.1) is 0 Å². The van der Waals surface area contributed by atoms with Crippen molar-refractivity contribution in [2.75, 3.05) is 0 Å². The fourth-order valence-electron chi connectivity index (χ4n) is 3.88. The van der Waals surface area contributed by atoms with Crippen LogP contribution in [0.3, 0.4) is 0 Å². The molecule has 0 fully saturated rings. The zero-order chi connectivity index (χ0) is 24.5. The van der Waals surface area contributed by atoms with Gasteiger partial charge in [0.15, 0.2) is 17.8 Å². The zero-order valence-electron chi connectivity index (χ0n) is 18.1. The molecule has 0 spiro atoms. The molecule has 0 atom stereocenters. The average molecular weight is 472 g/mol. The van der Waals surface area contributed by atoms with Gasteiger partial charge in [-0.2, -0.15) is 0 Å². The van der Waals surface area contributed by atoms with Gasteiger partial charge in [0.1, 0.15) is 29.0 Å². The van der Waals surface area contributed by atoms with Crippen LogP contribution < -0.4 is 15.0 Å². The fourth-order valence-corrected chi connectivity index (χ4v) is 3.88. The molecule has 0 unspecified atom stereocenters. The van der Waals surface area contributed by atoms with Crippen molar-refractivity contribution in [2.45, 2.75) is 13.0 Å². The van der Waals surface area contributed by atoms with Crippen LogP contribution in [0.4, 0.5) is 4.39 Å². The molecule has 35 heavy (non-hydrogen) atoms. The molecular weight excluding hydrogens is 455 g/mol. The van der Waals surface area contributed by atoms with Gasteiger partial charge in [0.2, 0.25) is 5.76 Å². The number of ether oxygens (including phenoxy) is 2. The molecule has 1 aliphatic heterocycles. The molecule has 0 saturated heterocycles. The molecular formula is C26H17FN2O6. The number of aliphatic carboxylic acids is 1. The van der Waals surface area contributed by atoms with Crippen LogP contribution in [0.2, 0.25) is 0 Å². The smallest absolute Gasteiger partial charge is 0.373 e. The van der Waals surface area contributed by atoms with Crippen LogP contribution in [0, 0.1) is 5.82 Å². The van der Waals surface area contributed by atoms with E-state index >= 15 is 0 Å². The highest BCUT2D eigenvalue weighted by molar-refractivity contribution is 5.99. The van der Waals surface area contributed by atoms with Crippen LogP contribution in [0.25, 0.3) is 17.2 Å². The minimum atomic E-state index is -1.39. The summed E-state index contributed by atoms with van der Waals surface area (Å²) in [6.07, 6.45) is 3.07. The second-order valence-electron chi connectivity index (χ2n) is 7.82. The highest BCUT2D eigenvalue weighted by Crippen LogP contribution is 2.38. The SMILES string of the molecule is O=Cc1c(OCc2ccccc2)c2ncc(Cc3ccc(F)cc3)c3c2n(c1=O)C=C(C(=O)O)O3. The molecule has 174 valence electrons. The molecule has 0 bridgehead atoms. The average Bonchev–Trinajstić information content (AvgIpc) is 2.87. The van der Waals surface area contributed by atoms with E-state index in [2.05, 4.69) is 4.98 Å². The van der Waals surface area contributed by atoms with E-state index < -0.39 is 23.1 Å². The number of carbonyl (C=O) groups is 2. The van der Waals surface area contributed by atoms with Crippen molar-refractivity contribution >= 4 is 29.5 Å². The lowest BCUT2D eigenvalue weighted by Gasteiger charge is -2.22. The molecule has 2 aromatic carbocycles. The highest BCUT2D eigenvalue weighted by Gasteiger charge is 2.29. The number of nitrogens with zero attached hydrogens (tertiary/aromatic N) is 2. The Hall–Kier alpha value is -4.79. The quantitative estimate of drug-likeness (QED) is 0.408. The Kier molecular flexibility index (Phi) is 5.58. The second kappa shape index (κ2) is 8.86. The predicted octanol–water partition coefficient (Wildman–Crippen LogP) is 3.79. The molecule has 9 heteroatoms. The lowest BCUT2D eigenvalue weighted by molar-refractivity contribution is -0.134. The monoisotopic (exact) mass is 472 g/mol. The second-order valence-corrected chi connectivity index (χ2v) is 7.82. The maximum atomic E-state index is 13.3. The lowest BCUT2D eigenvalue weighted by atomic mass is 10.0. The molecule has 1 aliphatic rings. The number of halogens is 1. The third-order valence-corrected chi connectivity index (χ3v) is 5.55. The van der Waals surface area contributed by atoms with Gasteiger partial charge in [-0.25, -0.2) is 9.18 Å². The molecule has 8 nitrogen and oxygen atoms in total. The molecule has 2 aromatic heterocycles. The van der Waals surface area contributed by atoms with Gasteiger partial charge in [-0.3, -0.25) is 19.1 Å². The molecule has 0 saturated carbocycles. The number of carbonyl (C=O) groups excluding carboxylic acids is 1. The number of aldehydes is 1. The number of carboxylic acids is 1. The molecule has 0 radical (unpaired) electrons. The van der Waals surface area contributed by atoms with Crippen molar-refractivity contribution in [1.82, 2.24) is 9.55 Å². The van der Waals surface area contributed by atoms with E-state index in [1.807, 2.05) is 30.3 Å². The molecule has 1 N–H and O–H groups in total. The van der Waals surface area contributed by atoms with Crippen LogP contribution in [-0.2, 0) is 17.8 Å². The Labute approximate surface area is 197 Å². The van der Waals surface area contributed by atoms with Gasteiger partial charge in [0, 0.05) is 18.2 Å². The van der Waals surface area contributed by atoms with Gasteiger partial charge in [0.05, 0.1) is 6.20 Å². The first kappa shape index (κ1) is 22.0. The van der Waals surface area contributed by atoms with Crippen LogP contribution in [-0.4, -0.2) is 26.9 Å². The Morgan fingerprint density at radius 2 is 1.86 bits per heavy atom. The van der Waals surface area contributed by atoms with E-state index in [1.165, 1.54) is 18.3 Å².